The molecule has 1 aromatic heterocycles. The molecular formula is C11H19N5O4. The molecule has 0 bridgehead atoms. The number of anilines is 1. The average Bonchev–Trinajstić information content (AvgIpc) is 2.70. The van der Waals surface area contributed by atoms with E-state index in [1.807, 2.05) is 19.0 Å². The van der Waals surface area contributed by atoms with Crippen LogP contribution in [-0.2, 0) is 9.59 Å². The zero-order valence-corrected chi connectivity index (χ0v) is 11.8. The highest BCUT2D eigenvalue weighted by Crippen LogP contribution is 2.03. The fraction of sp³-hybridized carbons (Fsp3) is 0.636. The molecule has 0 spiro atoms. The number of aryl methyl sites for hydroxylation is 1. The van der Waals surface area contributed by atoms with E-state index in [0.29, 0.717) is 19.0 Å². The van der Waals surface area contributed by atoms with Gasteiger partial charge in [-0.3, -0.25) is 19.8 Å². The molecule has 1 rings (SSSR count). The summed E-state index contributed by atoms with van der Waals surface area (Å²) in [6.45, 7) is 2.47. The minimum absolute atomic E-state index is 0.00962. The SMILES string of the molecule is Cc1nnc(NC(=O)CN(CCN(C)C)CC(=O)O)o1. The first-order valence-corrected chi connectivity index (χ1v) is 6.05. The second-order valence-electron chi connectivity index (χ2n) is 4.58. The van der Waals surface area contributed by atoms with E-state index in [2.05, 4.69) is 15.5 Å². The topological polar surface area (TPSA) is 112 Å². The van der Waals surface area contributed by atoms with E-state index >= 15 is 0 Å². The van der Waals surface area contributed by atoms with Crippen LogP contribution in [0.15, 0.2) is 4.42 Å². The number of rotatable bonds is 8. The average molecular weight is 285 g/mol. The minimum atomic E-state index is -0.981. The highest BCUT2D eigenvalue weighted by Gasteiger charge is 2.15. The minimum Gasteiger partial charge on any atom is -0.480 e. The van der Waals surface area contributed by atoms with Gasteiger partial charge < -0.3 is 14.4 Å². The Labute approximate surface area is 116 Å². The first-order valence-electron chi connectivity index (χ1n) is 6.05. The molecule has 0 aromatic carbocycles. The van der Waals surface area contributed by atoms with Crippen molar-refractivity contribution in [2.45, 2.75) is 6.92 Å². The molecule has 0 atom stereocenters. The van der Waals surface area contributed by atoms with Gasteiger partial charge in [0.15, 0.2) is 0 Å². The van der Waals surface area contributed by atoms with Crippen LogP contribution in [0, 0.1) is 6.92 Å². The summed E-state index contributed by atoms with van der Waals surface area (Å²) in [7, 11) is 3.75. The summed E-state index contributed by atoms with van der Waals surface area (Å²) in [5, 5.41) is 18.5. The van der Waals surface area contributed by atoms with Crippen LogP contribution in [0.25, 0.3) is 0 Å². The monoisotopic (exact) mass is 285 g/mol. The van der Waals surface area contributed by atoms with E-state index in [0.717, 1.165) is 0 Å². The highest BCUT2D eigenvalue weighted by atomic mass is 16.4. The third-order valence-electron chi connectivity index (χ3n) is 2.36. The van der Waals surface area contributed by atoms with Crippen LogP contribution in [0.4, 0.5) is 6.01 Å². The van der Waals surface area contributed by atoms with Crippen LogP contribution in [0.1, 0.15) is 5.89 Å². The lowest BCUT2D eigenvalue weighted by Crippen LogP contribution is -2.40. The van der Waals surface area contributed by atoms with E-state index in [-0.39, 0.29) is 19.1 Å². The third kappa shape index (κ3) is 6.25. The van der Waals surface area contributed by atoms with Crippen molar-refractivity contribution >= 4 is 17.9 Å². The van der Waals surface area contributed by atoms with Crippen molar-refractivity contribution in [3.63, 3.8) is 0 Å². The van der Waals surface area contributed by atoms with Gasteiger partial charge in [0.1, 0.15) is 0 Å². The van der Waals surface area contributed by atoms with Gasteiger partial charge in [-0.15, -0.1) is 5.10 Å². The van der Waals surface area contributed by atoms with Gasteiger partial charge in [-0.1, -0.05) is 5.10 Å². The van der Waals surface area contributed by atoms with Crippen LogP contribution < -0.4 is 5.32 Å². The maximum atomic E-state index is 11.8. The normalized spacial score (nSPS) is 11.1. The van der Waals surface area contributed by atoms with Gasteiger partial charge in [0.25, 0.3) is 0 Å². The molecule has 0 saturated heterocycles. The van der Waals surface area contributed by atoms with Crippen molar-refractivity contribution in [1.82, 2.24) is 20.0 Å². The molecule has 1 amide bonds. The van der Waals surface area contributed by atoms with Gasteiger partial charge in [-0.05, 0) is 14.1 Å². The molecule has 0 saturated carbocycles. The molecular weight excluding hydrogens is 266 g/mol. The molecule has 0 aliphatic heterocycles. The number of nitrogens with zero attached hydrogens (tertiary/aromatic N) is 4. The standard InChI is InChI=1S/C11H19N5O4/c1-8-13-14-11(20-8)12-9(17)6-16(7-10(18)19)5-4-15(2)3/h4-7H2,1-3H3,(H,18,19)(H,12,14,17). The van der Waals surface area contributed by atoms with Gasteiger partial charge >= 0.3 is 12.0 Å². The quantitative estimate of drug-likeness (QED) is 0.642. The predicted molar refractivity (Wildman–Crippen MR) is 70.3 cm³/mol. The lowest BCUT2D eigenvalue weighted by molar-refractivity contribution is -0.138. The van der Waals surface area contributed by atoms with Crippen molar-refractivity contribution in [2.24, 2.45) is 0 Å². The van der Waals surface area contributed by atoms with Crippen LogP contribution in [0.2, 0.25) is 0 Å². The number of carbonyl (C=O) groups is 2. The van der Waals surface area contributed by atoms with Crippen LogP contribution in [0.5, 0.6) is 0 Å². The first kappa shape index (κ1) is 16.1. The van der Waals surface area contributed by atoms with Crippen LogP contribution in [0.3, 0.4) is 0 Å². The van der Waals surface area contributed by atoms with Gasteiger partial charge in [0.05, 0.1) is 13.1 Å². The summed E-state index contributed by atoms with van der Waals surface area (Å²) in [4.78, 5) is 26.0. The van der Waals surface area contributed by atoms with Crippen molar-refractivity contribution in [3.8, 4) is 0 Å². The van der Waals surface area contributed by atoms with Gasteiger partial charge in [-0.2, -0.15) is 0 Å². The highest BCUT2D eigenvalue weighted by molar-refractivity contribution is 5.90. The molecule has 0 aliphatic rings. The Morgan fingerprint density at radius 2 is 1.95 bits per heavy atom. The molecule has 20 heavy (non-hydrogen) atoms. The number of carboxylic acid groups (broad SMARTS) is 1. The molecule has 112 valence electrons. The molecule has 9 heteroatoms. The zero-order valence-electron chi connectivity index (χ0n) is 11.8. The number of nitrogens with one attached hydrogen (secondary N) is 1. The van der Waals surface area contributed by atoms with Gasteiger partial charge in [-0.25, -0.2) is 0 Å². The molecule has 9 nitrogen and oxygen atoms in total. The lowest BCUT2D eigenvalue weighted by atomic mass is 10.4. The fourth-order valence-corrected chi connectivity index (χ4v) is 1.46. The van der Waals surface area contributed by atoms with Gasteiger partial charge in [0, 0.05) is 20.0 Å². The Hall–Kier alpha value is -2.00. The second kappa shape index (κ2) is 7.56. The molecule has 0 fully saturated rings. The Morgan fingerprint density at radius 1 is 1.25 bits per heavy atom. The number of hydrogen-bond acceptors (Lipinski definition) is 7. The zero-order chi connectivity index (χ0) is 15.1. The fourth-order valence-electron chi connectivity index (χ4n) is 1.46. The number of carbonyl (C=O) groups excluding carboxylic acids is 1. The largest absolute Gasteiger partial charge is 0.480 e. The molecule has 0 unspecified atom stereocenters. The Morgan fingerprint density at radius 3 is 2.45 bits per heavy atom. The number of aliphatic carboxylic acids is 1. The molecule has 0 aliphatic carbocycles. The van der Waals surface area contributed by atoms with Crippen LogP contribution in [-0.4, -0.2) is 77.3 Å². The number of amides is 1. The molecule has 2 N–H and O–H groups in total. The summed E-state index contributed by atoms with van der Waals surface area (Å²) < 4.78 is 5.02. The number of carboxylic acids is 1. The van der Waals surface area contributed by atoms with Gasteiger partial charge in [0.2, 0.25) is 11.8 Å². The molecule has 0 radical (unpaired) electrons. The smallest absolute Gasteiger partial charge is 0.322 e. The molecule has 1 heterocycles. The lowest BCUT2D eigenvalue weighted by Gasteiger charge is -2.21. The summed E-state index contributed by atoms with van der Waals surface area (Å²) in [6, 6.07) is 0.00962. The van der Waals surface area contributed by atoms with Crippen molar-refractivity contribution in [3.05, 3.63) is 5.89 Å². The summed E-state index contributed by atoms with van der Waals surface area (Å²) in [5.41, 5.74) is 0. The summed E-state index contributed by atoms with van der Waals surface area (Å²) in [6.07, 6.45) is 0. The Bertz CT molecular complexity index is 459. The second-order valence-corrected chi connectivity index (χ2v) is 4.58. The van der Waals surface area contributed by atoms with Crippen molar-refractivity contribution < 1.29 is 19.1 Å². The first-order chi connectivity index (χ1) is 9.36. The molecule has 1 aromatic rings. The summed E-state index contributed by atoms with van der Waals surface area (Å²) in [5.74, 6) is -1.03. The maximum absolute atomic E-state index is 11.8. The number of hydrogen-bond donors (Lipinski definition) is 2. The maximum Gasteiger partial charge on any atom is 0.322 e. The van der Waals surface area contributed by atoms with E-state index in [1.165, 1.54) is 4.90 Å². The van der Waals surface area contributed by atoms with Crippen LogP contribution >= 0.6 is 0 Å². The number of aromatic nitrogens is 2. The number of likely N-dealkylation sites (N-methyl/N-ethyl adjacent to an activating group) is 1. The van der Waals surface area contributed by atoms with Crippen molar-refractivity contribution in [2.75, 3.05) is 45.6 Å². The van der Waals surface area contributed by atoms with E-state index in [9.17, 15) is 9.59 Å². The van der Waals surface area contributed by atoms with E-state index in [4.69, 9.17) is 9.52 Å². The predicted octanol–water partition coefficient (Wildman–Crippen LogP) is -0.735. The van der Waals surface area contributed by atoms with Crippen molar-refractivity contribution in [1.29, 1.82) is 0 Å². The Kier molecular flexibility index (Phi) is 6.07. The third-order valence-corrected chi connectivity index (χ3v) is 2.36. The Balaban J connectivity index is 2.49. The van der Waals surface area contributed by atoms with E-state index in [1.54, 1.807) is 6.92 Å². The van der Waals surface area contributed by atoms with E-state index < -0.39 is 11.9 Å². The summed E-state index contributed by atoms with van der Waals surface area (Å²) >= 11 is 0.